The zero-order valence-electron chi connectivity index (χ0n) is 9.14. The van der Waals surface area contributed by atoms with Gasteiger partial charge in [0.2, 0.25) is 7.37 Å². The molecule has 0 aliphatic carbocycles. The maximum Gasteiger partial charge on any atom is 0.259 e. The molecule has 0 spiro atoms. The minimum absolute atomic E-state index is 0.125. The van der Waals surface area contributed by atoms with Crippen molar-refractivity contribution >= 4 is 13.3 Å². The molecule has 0 rings (SSSR count). The van der Waals surface area contributed by atoms with Crippen molar-refractivity contribution in [2.24, 2.45) is 0 Å². The summed E-state index contributed by atoms with van der Waals surface area (Å²) in [6, 6.07) is 0. The Kier molecular flexibility index (Phi) is 6.76. The van der Waals surface area contributed by atoms with Gasteiger partial charge in [0.25, 0.3) is 5.91 Å². The van der Waals surface area contributed by atoms with Crippen LogP contribution in [0.3, 0.4) is 0 Å². The second-order valence-corrected chi connectivity index (χ2v) is 5.92. The van der Waals surface area contributed by atoms with E-state index in [0.717, 1.165) is 12.8 Å². The van der Waals surface area contributed by atoms with E-state index in [4.69, 9.17) is 4.89 Å². The lowest BCUT2D eigenvalue weighted by Gasteiger charge is -2.15. The maximum atomic E-state index is 11.2. The number of unbranched alkanes of at least 4 members (excludes halogenated alkanes) is 1. The van der Waals surface area contributed by atoms with E-state index in [1.54, 1.807) is 0 Å². The van der Waals surface area contributed by atoms with Gasteiger partial charge in [0.05, 0.1) is 12.8 Å². The Morgan fingerprint density at radius 3 is 2.60 bits per heavy atom. The van der Waals surface area contributed by atoms with Gasteiger partial charge in [-0.2, -0.15) is 0 Å². The van der Waals surface area contributed by atoms with Crippen LogP contribution >= 0.6 is 7.37 Å². The van der Waals surface area contributed by atoms with Crippen molar-refractivity contribution in [2.45, 2.75) is 19.8 Å². The average Bonchev–Trinajstić information content (AvgIpc) is 2.11. The molecule has 6 nitrogen and oxygen atoms in total. The van der Waals surface area contributed by atoms with E-state index in [2.05, 4.69) is 5.32 Å². The summed E-state index contributed by atoms with van der Waals surface area (Å²) < 4.78 is 10.8. The van der Waals surface area contributed by atoms with Crippen molar-refractivity contribution < 1.29 is 19.5 Å². The van der Waals surface area contributed by atoms with Crippen molar-refractivity contribution in [3.8, 4) is 0 Å². The Labute approximate surface area is 89.7 Å². The highest BCUT2D eigenvalue weighted by molar-refractivity contribution is 7.57. The summed E-state index contributed by atoms with van der Waals surface area (Å²) in [6.45, 7) is 3.33. The van der Waals surface area contributed by atoms with E-state index in [1.165, 1.54) is 6.66 Å². The summed E-state index contributed by atoms with van der Waals surface area (Å²) in [6.07, 6.45) is 1.49. The number of carbonyl (C=O) groups is 1. The lowest BCUT2D eigenvalue weighted by Crippen LogP contribution is -2.36. The number of nitrogens with one attached hydrogen (secondary N) is 1. The van der Waals surface area contributed by atoms with Crippen LogP contribution in [-0.2, 0) is 9.36 Å². The third-order valence-corrected chi connectivity index (χ3v) is 2.50. The Balaban J connectivity index is 3.69. The molecule has 1 unspecified atom stereocenters. The second kappa shape index (κ2) is 6.95. The van der Waals surface area contributed by atoms with Crippen molar-refractivity contribution in [1.82, 2.24) is 10.4 Å². The molecule has 0 saturated carbocycles. The third kappa shape index (κ3) is 8.57. The largest absolute Gasteiger partial charge is 0.344 e. The number of hydrogen-bond acceptors (Lipinski definition) is 4. The molecule has 90 valence electrons. The Hall–Kier alpha value is -0.420. The van der Waals surface area contributed by atoms with Crippen LogP contribution in [0.4, 0.5) is 0 Å². The fourth-order valence-electron chi connectivity index (χ4n) is 0.894. The molecule has 0 aromatic carbocycles. The van der Waals surface area contributed by atoms with Gasteiger partial charge in [-0.1, -0.05) is 13.3 Å². The molecule has 0 aliphatic heterocycles. The first kappa shape index (κ1) is 14.6. The van der Waals surface area contributed by atoms with Gasteiger partial charge in [-0.05, 0) is 6.42 Å². The zero-order valence-corrected chi connectivity index (χ0v) is 10.0. The van der Waals surface area contributed by atoms with E-state index in [0.29, 0.717) is 11.6 Å². The lowest BCUT2D eigenvalue weighted by molar-refractivity contribution is -0.164. The topological polar surface area (TPSA) is 89.9 Å². The van der Waals surface area contributed by atoms with Crippen molar-refractivity contribution in [3.05, 3.63) is 0 Å². The van der Waals surface area contributed by atoms with Crippen LogP contribution in [0.25, 0.3) is 0 Å². The van der Waals surface area contributed by atoms with Crippen LogP contribution in [0.15, 0.2) is 0 Å². The molecule has 1 amide bonds. The highest BCUT2D eigenvalue weighted by Crippen LogP contribution is 2.32. The first-order chi connectivity index (χ1) is 6.87. The van der Waals surface area contributed by atoms with Gasteiger partial charge in [0, 0.05) is 13.2 Å². The SMILES string of the molecule is CCCCN(O)C(=O)CNCP(C)(=O)O. The van der Waals surface area contributed by atoms with Crippen LogP contribution < -0.4 is 5.32 Å². The van der Waals surface area contributed by atoms with E-state index < -0.39 is 13.3 Å². The third-order valence-electron chi connectivity index (χ3n) is 1.69. The van der Waals surface area contributed by atoms with Gasteiger partial charge < -0.3 is 4.89 Å². The van der Waals surface area contributed by atoms with Crippen LogP contribution in [0.1, 0.15) is 19.8 Å². The molecule has 0 saturated heterocycles. The van der Waals surface area contributed by atoms with Gasteiger partial charge in [0.1, 0.15) is 0 Å². The van der Waals surface area contributed by atoms with Gasteiger partial charge in [-0.15, -0.1) is 0 Å². The summed E-state index contributed by atoms with van der Waals surface area (Å²) in [7, 11) is -3.14. The van der Waals surface area contributed by atoms with Crippen LogP contribution in [0.2, 0.25) is 0 Å². The molecule has 0 fully saturated rings. The number of hydroxylamine groups is 2. The molecule has 0 heterocycles. The molecule has 0 aliphatic rings. The minimum atomic E-state index is -3.14. The first-order valence-corrected chi connectivity index (χ1v) is 7.15. The normalized spacial score (nSPS) is 14.7. The van der Waals surface area contributed by atoms with Crippen LogP contribution in [0, 0.1) is 0 Å². The summed E-state index contributed by atoms with van der Waals surface area (Å²) in [4.78, 5) is 20.1. The number of carbonyl (C=O) groups excluding carboxylic acids is 1. The molecule has 3 N–H and O–H groups in total. The monoisotopic (exact) mass is 238 g/mol. The minimum Gasteiger partial charge on any atom is -0.344 e. The highest BCUT2D eigenvalue weighted by Gasteiger charge is 2.13. The lowest BCUT2D eigenvalue weighted by atomic mass is 10.3. The van der Waals surface area contributed by atoms with Gasteiger partial charge in [-0.3, -0.25) is 19.9 Å². The smallest absolute Gasteiger partial charge is 0.259 e. The molecule has 1 atom stereocenters. The number of rotatable bonds is 7. The van der Waals surface area contributed by atoms with Crippen molar-refractivity contribution in [2.75, 3.05) is 26.0 Å². The second-order valence-electron chi connectivity index (χ2n) is 3.51. The molecule has 0 aromatic heterocycles. The molecule has 0 bridgehead atoms. The predicted octanol–water partition coefficient (Wildman–Crippen LogP) is 0.452. The average molecular weight is 238 g/mol. The Bertz CT molecular complexity index is 241. The van der Waals surface area contributed by atoms with Crippen LogP contribution in [0.5, 0.6) is 0 Å². The molecule has 0 aromatic rings. The van der Waals surface area contributed by atoms with Gasteiger partial charge >= 0.3 is 0 Å². The quantitative estimate of drug-likeness (QED) is 0.340. The Morgan fingerprint density at radius 2 is 2.13 bits per heavy atom. The maximum absolute atomic E-state index is 11.2. The first-order valence-electron chi connectivity index (χ1n) is 4.86. The highest BCUT2D eigenvalue weighted by atomic mass is 31.2. The Morgan fingerprint density at radius 1 is 1.53 bits per heavy atom. The number of hydrogen-bond donors (Lipinski definition) is 3. The standard InChI is InChI=1S/C8H19N2O4P/c1-3-4-5-10(12)8(11)6-9-7-15(2,13)14/h9,12H,3-7H2,1-2H3,(H,13,14). The molecular formula is C8H19N2O4P. The fraction of sp³-hybridized carbons (Fsp3) is 0.875. The van der Waals surface area contributed by atoms with Crippen molar-refractivity contribution in [3.63, 3.8) is 0 Å². The molecule has 0 radical (unpaired) electrons. The molecule has 7 heteroatoms. The van der Waals surface area contributed by atoms with E-state index in [9.17, 15) is 14.6 Å². The number of amides is 1. The van der Waals surface area contributed by atoms with E-state index >= 15 is 0 Å². The number of nitrogens with zero attached hydrogens (tertiary/aromatic N) is 1. The summed E-state index contributed by atoms with van der Waals surface area (Å²) in [5, 5.41) is 12.3. The van der Waals surface area contributed by atoms with E-state index in [1.807, 2.05) is 6.92 Å². The summed E-state index contributed by atoms with van der Waals surface area (Å²) >= 11 is 0. The fourth-order valence-corrected chi connectivity index (χ4v) is 1.42. The molecular weight excluding hydrogens is 219 g/mol. The van der Waals surface area contributed by atoms with Gasteiger partial charge in [-0.25, -0.2) is 5.06 Å². The summed E-state index contributed by atoms with van der Waals surface area (Å²) in [5.74, 6) is -0.489. The van der Waals surface area contributed by atoms with Gasteiger partial charge in [0.15, 0.2) is 0 Å². The van der Waals surface area contributed by atoms with E-state index in [-0.39, 0.29) is 12.8 Å². The zero-order chi connectivity index (χ0) is 11.9. The predicted molar refractivity (Wildman–Crippen MR) is 57.0 cm³/mol. The molecule has 15 heavy (non-hydrogen) atoms. The summed E-state index contributed by atoms with van der Waals surface area (Å²) in [5.41, 5.74) is 0. The van der Waals surface area contributed by atoms with Crippen molar-refractivity contribution in [1.29, 1.82) is 0 Å². The van der Waals surface area contributed by atoms with Crippen LogP contribution in [-0.4, -0.2) is 47.1 Å².